The average Bonchev–Trinajstić information content (AvgIpc) is 2.92. The van der Waals surface area contributed by atoms with Gasteiger partial charge in [0.2, 0.25) is 5.91 Å². The molecule has 5 heteroatoms. The number of benzene rings is 1. The van der Waals surface area contributed by atoms with Gasteiger partial charge in [0.05, 0.1) is 19.2 Å². The monoisotopic (exact) mass is 266 g/mol. The van der Waals surface area contributed by atoms with Crippen LogP contribution in [0.25, 0.3) is 0 Å². The fourth-order valence-electron chi connectivity index (χ4n) is 2.34. The maximum absolute atomic E-state index is 13.3. The Bertz CT molecular complexity index is 459. The van der Waals surface area contributed by atoms with Crippen LogP contribution in [0.2, 0.25) is 0 Å². The topological polar surface area (TPSA) is 50.4 Å². The van der Waals surface area contributed by atoms with Crippen molar-refractivity contribution < 1.29 is 13.9 Å². The number of methoxy groups -OCH3 is 1. The lowest BCUT2D eigenvalue weighted by molar-refractivity contribution is -0.123. The van der Waals surface area contributed by atoms with Crippen LogP contribution in [0.15, 0.2) is 18.2 Å². The molecular formula is C14H19FN2O2. The second kappa shape index (κ2) is 6.02. The van der Waals surface area contributed by atoms with Crippen molar-refractivity contribution in [1.29, 1.82) is 0 Å². The third-order valence-corrected chi connectivity index (χ3v) is 3.39. The normalized spacial score (nSPS) is 20.1. The first kappa shape index (κ1) is 13.8. The van der Waals surface area contributed by atoms with Gasteiger partial charge in [0.25, 0.3) is 0 Å². The van der Waals surface area contributed by atoms with Crippen molar-refractivity contribution in [1.82, 2.24) is 10.6 Å². The Morgan fingerprint density at radius 3 is 3.00 bits per heavy atom. The number of carbonyl (C=O) groups excluding carboxylic acids is 1. The van der Waals surface area contributed by atoms with Gasteiger partial charge in [0.15, 0.2) is 0 Å². The number of rotatable bonds is 4. The molecule has 1 aliphatic rings. The minimum absolute atomic E-state index is 0.0451. The highest BCUT2D eigenvalue weighted by atomic mass is 19.1. The van der Waals surface area contributed by atoms with Crippen molar-refractivity contribution in [3.63, 3.8) is 0 Å². The number of amides is 1. The van der Waals surface area contributed by atoms with E-state index in [-0.39, 0.29) is 23.8 Å². The van der Waals surface area contributed by atoms with Crippen molar-refractivity contribution in [2.75, 3.05) is 13.7 Å². The Hall–Kier alpha value is -1.62. The van der Waals surface area contributed by atoms with Gasteiger partial charge in [-0.05, 0) is 44.5 Å². The standard InChI is InChI=1S/C14H19FN2O2/c1-9(17-14(18)12-4-3-7-16-12)11-8-10(15)5-6-13(11)19-2/h5-6,8-9,12,16H,3-4,7H2,1-2H3,(H,17,18)/t9?,12-/m0/s1. The molecule has 1 fully saturated rings. The molecule has 2 rings (SSSR count). The second-order valence-electron chi connectivity index (χ2n) is 4.77. The maximum Gasteiger partial charge on any atom is 0.237 e. The Labute approximate surface area is 112 Å². The summed E-state index contributed by atoms with van der Waals surface area (Å²) in [5, 5.41) is 6.03. The Morgan fingerprint density at radius 1 is 1.58 bits per heavy atom. The molecule has 2 N–H and O–H groups in total. The van der Waals surface area contributed by atoms with E-state index in [1.165, 1.54) is 19.2 Å². The molecule has 1 aliphatic heterocycles. The van der Waals surface area contributed by atoms with Crippen LogP contribution >= 0.6 is 0 Å². The summed E-state index contributed by atoms with van der Waals surface area (Å²) in [6.45, 7) is 2.69. The van der Waals surface area contributed by atoms with Gasteiger partial charge < -0.3 is 15.4 Å². The van der Waals surface area contributed by atoms with Gasteiger partial charge in [-0.2, -0.15) is 0 Å². The lowest BCUT2D eigenvalue weighted by atomic mass is 10.1. The van der Waals surface area contributed by atoms with Crippen LogP contribution in [0.4, 0.5) is 4.39 Å². The Kier molecular flexibility index (Phi) is 4.37. The van der Waals surface area contributed by atoms with E-state index in [4.69, 9.17) is 4.74 Å². The average molecular weight is 266 g/mol. The zero-order chi connectivity index (χ0) is 13.8. The quantitative estimate of drug-likeness (QED) is 0.873. The summed E-state index contributed by atoms with van der Waals surface area (Å²) in [5.41, 5.74) is 0.647. The minimum atomic E-state index is -0.337. The van der Waals surface area contributed by atoms with Crippen molar-refractivity contribution in [2.45, 2.75) is 31.8 Å². The van der Waals surface area contributed by atoms with Gasteiger partial charge in [0, 0.05) is 5.56 Å². The summed E-state index contributed by atoms with van der Waals surface area (Å²) >= 11 is 0. The largest absolute Gasteiger partial charge is 0.496 e. The summed E-state index contributed by atoms with van der Waals surface area (Å²) in [5.74, 6) is 0.195. The molecule has 0 radical (unpaired) electrons. The molecule has 104 valence electrons. The predicted molar refractivity (Wildman–Crippen MR) is 70.5 cm³/mol. The lowest BCUT2D eigenvalue weighted by Gasteiger charge is -2.19. The molecule has 19 heavy (non-hydrogen) atoms. The molecule has 1 aromatic rings. The highest BCUT2D eigenvalue weighted by molar-refractivity contribution is 5.82. The highest BCUT2D eigenvalue weighted by Crippen LogP contribution is 2.26. The predicted octanol–water partition coefficient (Wildman–Crippen LogP) is 1.76. The molecular weight excluding hydrogens is 247 g/mol. The van der Waals surface area contributed by atoms with Crippen molar-refractivity contribution >= 4 is 5.91 Å². The zero-order valence-corrected chi connectivity index (χ0v) is 11.2. The SMILES string of the molecule is COc1ccc(F)cc1C(C)NC(=O)[C@@H]1CCCN1. The molecule has 1 aromatic carbocycles. The summed E-state index contributed by atoms with van der Waals surface area (Å²) in [4.78, 5) is 12.0. The summed E-state index contributed by atoms with van der Waals surface area (Å²) < 4.78 is 18.5. The maximum atomic E-state index is 13.3. The first-order chi connectivity index (χ1) is 9.11. The Balaban J connectivity index is 2.08. The summed E-state index contributed by atoms with van der Waals surface area (Å²) in [6, 6.07) is 3.88. The van der Waals surface area contributed by atoms with E-state index >= 15 is 0 Å². The van der Waals surface area contributed by atoms with Crippen LogP contribution in [0.5, 0.6) is 5.75 Å². The van der Waals surface area contributed by atoms with Crippen LogP contribution in [0.3, 0.4) is 0 Å². The van der Waals surface area contributed by atoms with E-state index < -0.39 is 0 Å². The van der Waals surface area contributed by atoms with E-state index in [0.717, 1.165) is 19.4 Å². The molecule has 1 saturated heterocycles. The molecule has 1 heterocycles. The summed E-state index contributed by atoms with van der Waals surface area (Å²) in [7, 11) is 1.53. The molecule has 0 spiro atoms. The fourth-order valence-corrected chi connectivity index (χ4v) is 2.34. The van der Waals surface area contributed by atoms with Crippen LogP contribution in [0, 0.1) is 5.82 Å². The third-order valence-electron chi connectivity index (χ3n) is 3.39. The molecule has 0 saturated carbocycles. The number of halogens is 1. The van der Waals surface area contributed by atoms with Crippen LogP contribution in [-0.4, -0.2) is 25.6 Å². The second-order valence-corrected chi connectivity index (χ2v) is 4.77. The van der Waals surface area contributed by atoms with E-state index in [0.29, 0.717) is 11.3 Å². The molecule has 1 amide bonds. The van der Waals surface area contributed by atoms with Gasteiger partial charge in [-0.1, -0.05) is 0 Å². The molecule has 1 unspecified atom stereocenters. The van der Waals surface area contributed by atoms with Crippen molar-refractivity contribution in [2.24, 2.45) is 0 Å². The smallest absolute Gasteiger partial charge is 0.237 e. The molecule has 0 aliphatic carbocycles. The van der Waals surface area contributed by atoms with Crippen LogP contribution < -0.4 is 15.4 Å². The molecule has 0 aromatic heterocycles. The first-order valence-corrected chi connectivity index (χ1v) is 6.49. The first-order valence-electron chi connectivity index (χ1n) is 6.49. The van der Waals surface area contributed by atoms with Crippen LogP contribution in [-0.2, 0) is 4.79 Å². The lowest BCUT2D eigenvalue weighted by Crippen LogP contribution is -2.41. The van der Waals surface area contributed by atoms with Crippen molar-refractivity contribution in [3.8, 4) is 5.75 Å². The number of hydrogen-bond donors (Lipinski definition) is 2. The summed E-state index contributed by atoms with van der Waals surface area (Å²) in [6.07, 6.45) is 1.86. The van der Waals surface area contributed by atoms with E-state index in [1.807, 2.05) is 6.92 Å². The zero-order valence-electron chi connectivity index (χ0n) is 11.2. The number of ether oxygens (including phenoxy) is 1. The Morgan fingerprint density at radius 2 is 2.37 bits per heavy atom. The molecule has 2 atom stereocenters. The molecule has 4 nitrogen and oxygen atoms in total. The van der Waals surface area contributed by atoms with E-state index in [1.54, 1.807) is 6.07 Å². The molecule has 0 bridgehead atoms. The highest BCUT2D eigenvalue weighted by Gasteiger charge is 2.24. The number of hydrogen-bond acceptors (Lipinski definition) is 3. The van der Waals surface area contributed by atoms with Gasteiger partial charge in [-0.25, -0.2) is 4.39 Å². The third kappa shape index (κ3) is 3.23. The number of carbonyl (C=O) groups is 1. The number of nitrogens with one attached hydrogen (secondary N) is 2. The van der Waals surface area contributed by atoms with Crippen LogP contribution in [0.1, 0.15) is 31.4 Å². The fraction of sp³-hybridized carbons (Fsp3) is 0.500. The van der Waals surface area contributed by atoms with Gasteiger partial charge in [0.1, 0.15) is 11.6 Å². The van der Waals surface area contributed by atoms with E-state index in [2.05, 4.69) is 10.6 Å². The van der Waals surface area contributed by atoms with Gasteiger partial charge >= 0.3 is 0 Å². The van der Waals surface area contributed by atoms with Crippen molar-refractivity contribution in [3.05, 3.63) is 29.6 Å². The van der Waals surface area contributed by atoms with E-state index in [9.17, 15) is 9.18 Å². The minimum Gasteiger partial charge on any atom is -0.496 e. The van der Waals surface area contributed by atoms with Gasteiger partial charge in [-0.3, -0.25) is 4.79 Å². The van der Waals surface area contributed by atoms with Gasteiger partial charge in [-0.15, -0.1) is 0 Å².